The van der Waals surface area contributed by atoms with Crippen LogP contribution in [0, 0.1) is 0 Å². The highest BCUT2D eigenvalue weighted by molar-refractivity contribution is 6.35. The van der Waals surface area contributed by atoms with E-state index in [0.717, 1.165) is 22.8 Å². The summed E-state index contributed by atoms with van der Waals surface area (Å²) < 4.78 is 10.3. The quantitative estimate of drug-likeness (QED) is 0.299. The van der Waals surface area contributed by atoms with Crippen molar-refractivity contribution in [2.45, 2.75) is 6.92 Å². The summed E-state index contributed by atoms with van der Waals surface area (Å²) in [6.45, 7) is 2.04. The second-order valence-electron chi connectivity index (χ2n) is 6.94. The number of ether oxygens (including phenoxy) is 2. The molecule has 0 bridgehead atoms. The average Bonchev–Trinajstić information content (AvgIpc) is 2.76. The SMILES string of the molecule is CCOC(=O)/C(=N\N(C)c1ccc(Nc2ccc(OC)cc2)cc1)N(C)/C=C\N(C)C. The maximum atomic E-state index is 12.4. The number of likely N-dealkylation sites (N-methyl/N-ethyl adjacent to an activating group) is 1. The number of hydrogen-bond donors (Lipinski definition) is 1. The molecule has 31 heavy (non-hydrogen) atoms. The Morgan fingerprint density at radius 1 is 0.968 bits per heavy atom. The first-order chi connectivity index (χ1) is 14.8. The number of anilines is 3. The van der Waals surface area contributed by atoms with E-state index >= 15 is 0 Å². The molecule has 2 aromatic carbocycles. The lowest BCUT2D eigenvalue weighted by molar-refractivity contribution is -0.135. The monoisotopic (exact) mass is 425 g/mol. The van der Waals surface area contributed by atoms with Crippen molar-refractivity contribution >= 4 is 28.9 Å². The molecule has 0 aliphatic rings. The van der Waals surface area contributed by atoms with Crippen molar-refractivity contribution in [1.82, 2.24) is 9.80 Å². The van der Waals surface area contributed by atoms with Crippen LogP contribution >= 0.6 is 0 Å². The third kappa shape index (κ3) is 7.26. The normalized spacial score (nSPS) is 11.2. The van der Waals surface area contributed by atoms with Crippen LogP contribution in [0.15, 0.2) is 66.0 Å². The van der Waals surface area contributed by atoms with Crippen LogP contribution in [0.4, 0.5) is 17.1 Å². The summed E-state index contributed by atoms with van der Waals surface area (Å²) in [5, 5.41) is 9.45. The van der Waals surface area contributed by atoms with E-state index in [2.05, 4.69) is 10.4 Å². The van der Waals surface area contributed by atoms with Crippen LogP contribution in [0.5, 0.6) is 5.75 Å². The number of methoxy groups -OCH3 is 1. The van der Waals surface area contributed by atoms with Crippen molar-refractivity contribution in [3.8, 4) is 5.75 Å². The zero-order chi connectivity index (χ0) is 22.8. The fourth-order valence-corrected chi connectivity index (χ4v) is 2.56. The fraction of sp³-hybridized carbons (Fsp3) is 0.304. The van der Waals surface area contributed by atoms with Gasteiger partial charge in [0.05, 0.1) is 19.4 Å². The number of benzene rings is 2. The van der Waals surface area contributed by atoms with Gasteiger partial charge in [0, 0.05) is 52.0 Å². The lowest BCUT2D eigenvalue weighted by atomic mass is 10.2. The Kier molecular flexibility index (Phi) is 8.75. The first-order valence-electron chi connectivity index (χ1n) is 9.92. The van der Waals surface area contributed by atoms with Crippen molar-refractivity contribution < 1.29 is 14.3 Å². The third-order valence-corrected chi connectivity index (χ3v) is 4.24. The van der Waals surface area contributed by atoms with E-state index in [0.29, 0.717) is 0 Å². The van der Waals surface area contributed by atoms with E-state index in [1.54, 1.807) is 44.2 Å². The second kappa shape index (κ2) is 11.5. The standard InChI is InChI=1S/C23H31N5O3/c1-7-31-23(29)22(27(4)17-16-26(2)3)25-28(5)20-12-8-18(9-13-20)24-19-10-14-21(30-6)15-11-19/h8-17,24H,7H2,1-6H3/b17-16-,25-22+. The number of carbonyl (C=O) groups is 1. The number of nitrogens with zero attached hydrogens (tertiary/aromatic N) is 4. The first-order valence-corrected chi connectivity index (χ1v) is 9.92. The van der Waals surface area contributed by atoms with Gasteiger partial charge in [-0.25, -0.2) is 4.79 Å². The highest BCUT2D eigenvalue weighted by Gasteiger charge is 2.18. The summed E-state index contributed by atoms with van der Waals surface area (Å²) in [4.78, 5) is 15.9. The minimum absolute atomic E-state index is 0.183. The van der Waals surface area contributed by atoms with Crippen molar-refractivity contribution in [2.75, 3.05) is 52.2 Å². The largest absolute Gasteiger partial charge is 0.497 e. The number of esters is 1. The minimum atomic E-state index is -0.488. The molecule has 2 rings (SSSR count). The molecule has 0 radical (unpaired) electrons. The van der Waals surface area contributed by atoms with Gasteiger partial charge in [-0.1, -0.05) is 0 Å². The van der Waals surface area contributed by atoms with Crippen LogP contribution in [0.3, 0.4) is 0 Å². The molecule has 0 fully saturated rings. The van der Waals surface area contributed by atoms with Crippen LogP contribution in [0.25, 0.3) is 0 Å². The number of hydrazone groups is 1. The number of amidine groups is 1. The summed E-state index contributed by atoms with van der Waals surface area (Å²) in [7, 11) is 8.99. The molecule has 0 saturated carbocycles. The summed E-state index contributed by atoms with van der Waals surface area (Å²) in [5.74, 6) is 0.504. The Labute approximate surface area is 184 Å². The smallest absolute Gasteiger partial charge is 0.376 e. The van der Waals surface area contributed by atoms with Gasteiger partial charge in [0.15, 0.2) is 0 Å². The molecule has 0 heterocycles. The average molecular weight is 426 g/mol. The molecular formula is C23H31N5O3. The summed E-state index contributed by atoms with van der Waals surface area (Å²) in [6.07, 6.45) is 3.58. The Morgan fingerprint density at radius 3 is 2.06 bits per heavy atom. The van der Waals surface area contributed by atoms with E-state index in [9.17, 15) is 4.79 Å². The Balaban J connectivity index is 2.16. The molecule has 0 aromatic heterocycles. The van der Waals surface area contributed by atoms with Gasteiger partial charge in [0.2, 0.25) is 5.84 Å². The van der Waals surface area contributed by atoms with E-state index in [4.69, 9.17) is 9.47 Å². The molecule has 0 saturated heterocycles. The second-order valence-corrected chi connectivity index (χ2v) is 6.94. The maximum absolute atomic E-state index is 12.4. The molecule has 0 atom stereocenters. The molecule has 0 aliphatic carbocycles. The molecule has 1 N–H and O–H groups in total. The van der Waals surface area contributed by atoms with Gasteiger partial charge in [0.25, 0.3) is 0 Å². The molecule has 8 nitrogen and oxygen atoms in total. The van der Waals surface area contributed by atoms with Crippen molar-refractivity contribution in [2.24, 2.45) is 5.10 Å². The molecule has 0 amide bonds. The molecule has 0 spiro atoms. The predicted molar refractivity (Wildman–Crippen MR) is 126 cm³/mol. The van der Waals surface area contributed by atoms with Gasteiger partial charge in [-0.05, 0) is 55.5 Å². The highest BCUT2D eigenvalue weighted by Crippen LogP contribution is 2.22. The van der Waals surface area contributed by atoms with Gasteiger partial charge in [-0.3, -0.25) is 5.01 Å². The van der Waals surface area contributed by atoms with Gasteiger partial charge in [0.1, 0.15) is 5.75 Å². The molecule has 2 aromatic rings. The molecule has 8 heteroatoms. The Morgan fingerprint density at radius 2 is 1.55 bits per heavy atom. The van der Waals surface area contributed by atoms with Crippen LogP contribution in [-0.4, -0.2) is 63.5 Å². The maximum Gasteiger partial charge on any atom is 0.376 e. The van der Waals surface area contributed by atoms with E-state index in [1.165, 1.54) is 0 Å². The topological polar surface area (TPSA) is 69.6 Å². The zero-order valence-electron chi connectivity index (χ0n) is 19.0. The Bertz CT molecular complexity index is 892. The summed E-state index contributed by atoms with van der Waals surface area (Å²) >= 11 is 0. The van der Waals surface area contributed by atoms with Crippen LogP contribution in [0.2, 0.25) is 0 Å². The van der Waals surface area contributed by atoms with Gasteiger partial charge < -0.3 is 24.6 Å². The zero-order valence-corrected chi connectivity index (χ0v) is 19.0. The van der Waals surface area contributed by atoms with E-state index < -0.39 is 5.97 Å². The van der Waals surface area contributed by atoms with E-state index in [-0.39, 0.29) is 12.4 Å². The van der Waals surface area contributed by atoms with Crippen LogP contribution in [-0.2, 0) is 9.53 Å². The van der Waals surface area contributed by atoms with Gasteiger partial charge in [-0.15, -0.1) is 5.10 Å². The number of hydrogen-bond acceptors (Lipinski definition) is 7. The van der Waals surface area contributed by atoms with E-state index in [1.807, 2.05) is 73.7 Å². The van der Waals surface area contributed by atoms with Crippen molar-refractivity contribution in [3.63, 3.8) is 0 Å². The highest BCUT2D eigenvalue weighted by atomic mass is 16.5. The number of rotatable bonds is 8. The van der Waals surface area contributed by atoms with Gasteiger partial charge >= 0.3 is 5.97 Å². The molecule has 0 aliphatic heterocycles. The molecule has 166 valence electrons. The minimum Gasteiger partial charge on any atom is -0.497 e. The fourth-order valence-electron chi connectivity index (χ4n) is 2.56. The molecule has 0 unspecified atom stereocenters. The first kappa shape index (κ1) is 23.6. The lowest BCUT2D eigenvalue weighted by Crippen LogP contribution is -2.34. The summed E-state index contributed by atoms with van der Waals surface area (Å²) in [5.41, 5.74) is 2.72. The van der Waals surface area contributed by atoms with Crippen LogP contribution in [0.1, 0.15) is 6.92 Å². The molecular weight excluding hydrogens is 394 g/mol. The number of nitrogens with one attached hydrogen (secondary N) is 1. The third-order valence-electron chi connectivity index (χ3n) is 4.24. The van der Waals surface area contributed by atoms with Crippen molar-refractivity contribution in [3.05, 3.63) is 60.9 Å². The van der Waals surface area contributed by atoms with Crippen molar-refractivity contribution in [1.29, 1.82) is 0 Å². The predicted octanol–water partition coefficient (Wildman–Crippen LogP) is 3.72. The van der Waals surface area contributed by atoms with Crippen LogP contribution < -0.4 is 15.1 Å². The summed E-state index contributed by atoms with van der Waals surface area (Å²) in [6, 6.07) is 15.4. The van der Waals surface area contributed by atoms with Gasteiger partial charge in [-0.2, -0.15) is 0 Å². The number of carbonyl (C=O) groups excluding carboxylic acids is 1. The lowest BCUT2D eigenvalue weighted by Gasteiger charge is -2.20. The Hall–Kier alpha value is -3.68.